The van der Waals surface area contributed by atoms with E-state index in [1.54, 1.807) is 20.8 Å². The minimum Gasteiger partial charge on any atom is -0.250 e. The Morgan fingerprint density at radius 3 is 2.58 bits per heavy atom. The fourth-order valence-electron chi connectivity index (χ4n) is 0.777. The summed E-state index contributed by atoms with van der Waals surface area (Å²) in [5.74, 6) is -0.515. The maximum absolute atomic E-state index is 12.8. The maximum atomic E-state index is 12.8. The molecule has 0 amide bonds. The van der Waals surface area contributed by atoms with Gasteiger partial charge in [0.2, 0.25) is 5.95 Å². The van der Waals surface area contributed by atoms with Crippen molar-refractivity contribution in [2.24, 2.45) is 0 Å². The highest BCUT2D eigenvalue weighted by Crippen LogP contribution is 2.14. The van der Waals surface area contributed by atoms with Gasteiger partial charge >= 0.3 is 0 Å². The second kappa shape index (κ2) is 2.59. The van der Waals surface area contributed by atoms with Gasteiger partial charge in [-0.15, -0.1) is 5.10 Å². The van der Waals surface area contributed by atoms with Gasteiger partial charge in [0.25, 0.3) is 0 Å². The average Bonchev–Trinajstić information content (AvgIpc) is 2.33. The molecule has 0 saturated carbocycles. The summed E-state index contributed by atoms with van der Waals surface area (Å²) in [6, 6.07) is 2.03. The molecule has 3 nitrogen and oxygen atoms in total. The third-order valence-electron chi connectivity index (χ3n) is 1.68. The number of rotatable bonds is 1. The van der Waals surface area contributed by atoms with Gasteiger partial charge in [0.15, 0.2) is 0 Å². The summed E-state index contributed by atoms with van der Waals surface area (Å²) < 4.78 is 14.1. The number of hydrogen-bond donors (Lipinski definition) is 0. The fraction of sp³-hybridized carbons (Fsp3) is 0.500. The van der Waals surface area contributed by atoms with E-state index >= 15 is 0 Å². The lowest BCUT2D eigenvalue weighted by atomic mass is 10.1. The van der Waals surface area contributed by atoms with Crippen LogP contribution < -0.4 is 0 Å². The predicted molar refractivity (Wildman–Crippen MR) is 41.9 cm³/mol. The van der Waals surface area contributed by atoms with Crippen LogP contribution in [0.4, 0.5) is 4.39 Å². The Morgan fingerprint density at radius 2 is 2.25 bits per heavy atom. The minimum absolute atomic E-state index is 0.457. The van der Waals surface area contributed by atoms with Crippen molar-refractivity contribution in [2.75, 3.05) is 0 Å². The molecule has 0 bridgehead atoms. The molecule has 1 heterocycles. The molecule has 12 heavy (non-hydrogen) atoms. The van der Waals surface area contributed by atoms with Gasteiger partial charge in [0.1, 0.15) is 5.54 Å². The Kier molecular flexibility index (Phi) is 1.89. The van der Waals surface area contributed by atoms with Gasteiger partial charge in [-0.2, -0.15) is 9.65 Å². The van der Waals surface area contributed by atoms with Crippen molar-refractivity contribution in [3.63, 3.8) is 0 Å². The lowest BCUT2D eigenvalue weighted by molar-refractivity contribution is 0.397. The van der Waals surface area contributed by atoms with Crippen molar-refractivity contribution in [2.45, 2.75) is 26.3 Å². The Morgan fingerprint density at radius 1 is 1.67 bits per heavy atom. The van der Waals surface area contributed by atoms with E-state index in [0.29, 0.717) is 5.56 Å². The molecule has 1 aromatic rings. The third kappa shape index (κ3) is 1.30. The fourth-order valence-corrected chi connectivity index (χ4v) is 0.777. The van der Waals surface area contributed by atoms with Gasteiger partial charge in [-0.05, 0) is 20.8 Å². The van der Waals surface area contributed by atoms with Crippen molar-refractivity contribution < 1.29 is 4.39 Å². The van der Waals surface area contributed by atoms with Crippen LogP contribution in [0.15, 0.2) is 6.20 Å². The largest absolute Gasteiger partial charge is 0.250 e. The van der Waals surface area contributed by atoms with Crippen molar-refractivity contribution in [3.8, 4) is 6.07 Å². The summed E-state index contributed by atoms with van der Waals surface area (Å²) in [6.45, 7) is 4.98. The molecule has 0 fully saturated rings. The Balaban J connectivity index is 3.14. The van der Waals surface area contributed by atoms with Crippen molar-refractivity contribution >= 4 is 0 Å². The van der Waals surface area contributed by atoms with Crippen molar-refractivity contribution in [3.05, 3.63) is 17.7 Å². The van der Waals surface area contributed by atoms with E-state index in [9.17, 15) is 4.39 Å². The molecule has 0 aromatic carbocycles. The van der Waals surface area contributed by atoms with Crippen LogP contribution in [-0.2, 0) is 5.54 Å². The predicted octanol–water partition coefficient (Wildman–Crippen LogP) is 1.59. The Hall–Kier alpha value is -1.37. The molecule has 1 aromatic heterocycles. The zero-order valence-electron chi connectivity index (χ0n) is 7.30. The number of halogens is 1. The Bertz CT molecular complexity index is 313. The monoisotopic (exact) mass is 167 g/mol. The molecule has 0 N–H and O–H groups in total. The second-order valence-electron chi connectivity index (χ2n) is 3.22. The Labute approximate surface area is 70.4 Å². The average molecular weight is 167 g/mol. The summed E-state index contributed by atoms with van der Waals surface area (Å²) in [4.78, 5) is 0. The molecule has 0 spiro atoms. The van der Waals surface area contributed by atoms with E-state index in [0.717, 1.165) is 0 Å². The van der Waals surface area contributed by atoms with Gasteiger partial charge in [-0.3, -0.25) is 0 Å². The molecule has 0 radical (unpaired) electrons. The van der Waals surface area contributed by atoms with E-state index in [1.165, 1.54) is 10.9 Å². The van der Waals surface area contributed by atoms with E-state index < -0.39 is 11.5 Å². The molecule has 0 aliphatic carbocycles. The van der Waals surface area contributed by atoms with Crippen LogP contribution in [0.25, 0.3) is 0 Å². The lowest BCUT2D eigenvalue weighted by Crippen LogP contribution is -2.24. The van der Waals surface area contributed by atoms with Gasteiger partial charge in [0, 0.05) is 11.8 Å². The molecular weight excluding hydrogens is 157 g/mol. The van der Waals surface area contributed by atoms with Crippen LogP contribution in [0.5, 0.6) is 0 Å². The molecule has 0 aliphatic heterocycles. The van der Waals surface area contributed by atoms with Crippen LogP contribution in [-0.4, -0.2) is 9.78 Å². The lowest BCUT2D eigenvalue weighted by Gasteiger charge is -2.14. The molecule has 0 saturated heterocycles. The number of aryl methyl sites for hydroxylation is 1. The molecule has 0 atom stereocenters. The summed E-state index contributed by atoms with van der Waals surface area (Å²) in [5, 5.41) is 12.3. The number of nitrogens with zero attached hydrogens (tertiary/aromatic N) is 3. The molecule has 0 aliphatic rings. The zero-order valence-corrected chi connectivity index (χ0v) is 7.30. The van der Waals surface area contributed by atoms with Gasteiger partial charge in [-0.1, -0.05) is 0 Å². The van der Waals surface area contributed by atoms with E-state index in [1.807, 2.05) is 6.07 Å². The summed E-state index contributed by atoms with van der Waals surface area (Å²) in [7, 11) is 0. The normalized spacial score (nSPS) is 11.2. The molecule has 1 rings (SSSR count). The zero-order chi connectivity index (χ0) is 9.35. The van der Waals surface area contributed by atoms with Crippen LogP contribution in [0.3, 0.4) is 0 Å². The molecule has 64 valence electrons. The topological polar surface area (TPSA) is 41.6 Å². The highest BCUT2D eigenvalue weighted by molar-refractivity contribution is 5.08. The summed E-state index contributed by atoms with van der Waals surface area (Å²) in [5.41, 5.74) is -0.326. The van der Waals surface area contributed by atoms with E-state index in [4.69, 9.17) is 5.26 Å². The number of nitriles is 1. The third-order valence-corrected chi connectivity index (χ3v) is 1.68. The quantitative estimate of drug-likeness (QED) is 0.637. The van der Waals surface area contributed by atoms with E-state index in [2.05, 4.69) is 5.10 Å². The highest BCUT2D eigenvalue weighted by Gasteiger charge is 2.21. The first-order valence-corrected chi connectivity index (χ1v) is 3.61. The minimum atomic E-state index is -0.783. The molecule has 4 heteroatoms. The first-order chi connectivity index (χ1) is 5.47. The van der Waals surface area contributed by atoms with E-state index in [-0.39, 0.29) is 0 Å². The smallest absolute Gasteiger partial charge is 0.235 e. The van der Waals surface area contributed by atoms with Crippen molar-refractivity contribution in [1.29, 1.82) is 5.26 Å². The standard InChI is InChI=1S/C8H10FN3/c1-6-4-12(11-7(6)9)8(2,3)5-10/h4H,1-3H3. The van der Waals surface area contributed by atoms with Gasteiger partial charge in [0.05, 0.1) is 6.07 Å². The molecule has 0 unspecified atom stereocenters. The summed E-state index contributed by atoms with van der Waals surface area (Å²) in [6.07, 6.45) is 1.53. The van der Waals surface area contributed by atoms with Crippen LogP contribution in [0.1, 0.15) is 19.4 Å². The number of hydrogen-bond acceptors (Lipinski definition) is 2. The summed E-state index contributed by atoms with van der Waals surface area (Å²) >= 11 is 0. The second-order valence-corrected chi connectivity index (χ2v) is 3.22. The number of aromatic nitrogens is 2. The molecular formula is C8H10FN3. The SMILES string of the molecule is Cc1cn(C(C)(C)C#N)nc1F. The maximum Gasteiger partial charge on any atom is 0.235 e. The first kappa shape index (κ1) is 8.72. The van der Waals surface area contributed by atoms with Crippen LogP contribution in [0, 0.1) is 24.2 Å². The van der Waals surface area contributed by atoms with Crippen molar-refractivity contribution in [1.82, 2.24) is 9.78 Å². The van der Waals surface area contributed by atoms with Crippen LogP contribution in [0.2, 0.25) is 0 Å². The van der Waals surface area contributed by atoms with Gasteiger partial charge < -0.3 is 0 Å². The van der Waals surface area contributed by atoms with Gasteiger partial charge in [-0.25, -0.2) is 4.68 Å². The highest BCUT2D eigenvalue weighted by atomic mass is 19.1. The first-order valence-electron chi connectivity index (χ1n) is 3.61. The van der Waals surface area contributed by atoms with Crippen LogP contribution >= 0.6 is 0 Å².